The summed E-state index contributed by atoms with van der Waals surface area (Å²) in [5.41, 5.74) is 0.965. The van der Waals surface area contributed by atoms with Crippen LogP contribution in [0.3, 0.4) is 0 Å². The van der Waals surface area contributed by atoms with Crippen molar-refractivity contribution in [1.29, 1.82) is 0 Å². The molecular formula is C15H17BrFNO2. The molecule has 3 nitrogen and oxygen atoms in total. The molecule has 0 N–H and O–H groups in total. The van der Waals surface area contributed by atoms with Gasteiger partial charge in [-0.05, 0) is 36.5 Å². The lowest BCUT2D eigenvalue weighted by Gasteiger charge is -2.25. The second-order valence-electron chi connectivity index (χ2n) is 5.55. The van der Waals surface area contributed by atoms with Crippen molar-refractivity contribution in [2.24, 2.45) is 11.8 Å². The number of carbonyl (C=O) groups excluding carboxylic acids is 2. The number of aryl methyl sites for hydroxylation is 1. The molecule has 0 bridgehead atoms. The van der Waals surface area contributed by atoms with E-state index >= 15 is 0 Å². The summed E-state index contributed by atoms with van der Waals surface area (Å²) in [4.78, 5) is 25.4. The summed E-state index contributed by atoms with van der Waals surface area (Å²) in [5, 5.41) is 0.700. The Morgan fingerprint density at radius 3 is 2.50 bits per heavy atom. The van der Waals surface area contributed by atoms with E-state index in [0.717, 1.165) is 0 Å². The molecule has 0 aromatic heterocycles. The number of rotatable bonds is 4. The first-order valence-electron chi connectivity index (χ1n) is 6.59. The van der Waals surface area contributed by atoms with Crippen LogP contribution in [0, 0.1) is 24.6 Å². The van der Waals surface area contributed by atoms with Gasteiger partial charge in [-0.1, -0.05) is 29.8 Å². The zero-order valence-corrected chi connectivity index (χ0v) is 13.3. The average molecular weight is 342 g/mol. The van der Waals surface area contributed by atoms with E-state index in [9.17, 15) is 14.0 Å². The average Bonchev–Trinajstić information content (AvgIpc) is 2.60. The van der Waals surface area contributed by atoms with Gasteiger partial charge in [0.2, 0.25) is 0 Å². The summed E-state index contributed by atoms with van der Waals surface area (Å²) >= 11 is 3.41. The lowest BCUT2D eigenvalue weighted by molar-refractivity contribution is -0.114. The maximum Gasteiger partial charge on any atom is 0.299 e. The van der Waals surface area contributed by atoms with Crippen molar-refractivity contribution in [1.82, 2.24) is 0 Å². The van der Waals surface area contributed by atoms with E-state index in [4.69, 9.17) is 0 Å². The molecular weight excluding hydrogens is 325 g/mol. The first-order valence-corrected chi connectivity index (χ1v) is 7.71. The molecule has 0 spiro atoms. The van der Waals surface area contributed by atoms with Gasteiger partial charge in [0.05, 0.1) is 11.3 Å². The molecule has 0 radical (unpaired) electrons. The van der Waals surface area contributed by atoms with Crippen molar-refractivity contribution in [2.75, 3.05) is 16.8 Å². The Hall–Kier alpha value is -1.23. The molecule has 20 heavy (non-hydrogen) atoms. The molecule has 5 heteroatoms. The van der Waals surface area contributed by atoms with Crippen LogP contribution in [0.5, 0.6) is 0 Å². The Balaban J connectivity index is 2.43. The summed E-state index contributed by atoms with van der Waals surface area (Å²) in [7, 11) is 0. The predicted octanol–water partition coefficient (Wildman–Crippen LogP) is 3.33. The maximum atomic E-state index is 14.1. The zero-order chi connectivity index (χ0) is 15.0. The van der Waals surface area contributed by atoms with Gasteiger partial charge in [0.1, 0.15) is 5.82 Å². The minimum Gasteiger partial charge on any atom is -0.302 e. The molecule has 1 unspecified atom stereocenters. The number of ketones is 1. The Kier molecular flexibility index (Phi) is 4.28. The number of benzene rings is 1. The summed E-state index contributed by atoms with van der Waals surface area (Å²) in [5.74, 6) is -1.25. The third kappa shape index (κ3) is 2.51. The van der Waals surface area contributed by atoms with Crippen molar-refractivity contribution < 1.29 is 14.0 Å². The normalized spacial score (nSPS) is 16.0. The van der Waals surface area contributed by atoms with Crippen molar-refractivity contribution in [3.05, 3.63) is 29.1 Å². The second-order valence-corrected chi connectivity index (χ2v) is 6.19. The highest BCUT2D eigenvalue weighted by Gasteiger charge is 2.39. The van der Waals surface area contributed by atoms with Crippen LogP contribution in [0.4, 0.5) is 10.1 Å². The van der Waals surface area contributed by atoms with Gasteiger partial charge in [-0.2, -0.15) is 0 Å². The van der Waals surface area contributed by atoms with E-state index in [-0.39, 0.29) is 17.2 Å². The summed E-state index contributed by atoms with van der Waals surface area (Å²) in [6, 6.07) is 2.94. The second kappa shape index (κ2) is 5.64. The fraction of sp³-hybridized carbons (Fsp3) is 0.467. The lowest BCUT2D eigenvalue weighted by atomic mass is 9.97. The first kappa shape index (κ1) is 15.2. The zero-order valence-electron chi connectivity index (χ0n) is 11.7. The van der Waals surface area contributed by atoms with Crippen LogP contribution in [-0.4, -0.2) is 23.6 Å². The highest BCUT2D eigenvalue weighted by molar-refractivity contribution is 9.09. The molecule has 1 amide bonds. The molecule has 1 aliphatic rings. The number of hydrogen-bond acceptors (Lipinski definition) is 2. The van der Waals surface area contributed by atoms with Gasteiger partial charge in [-0.3, -0.25) is 9.59 Å². The minimum absolute atomic E-state index is 0.136. The number of halogens is 2. The molecule has 2 rings (SSSR count). The number of Topliss-reactive ketones (excluding diaryl/α,β-unsaturated/α-hetero) is 1. The van der Waals surface area contributed by atoms with Crippen molar-refractivity contribution >= 4 is 33.3 Å². The lowest BCUT2D eigenvalue weighted by Crippen LogP contribution is -2.37. The van der Waals surface area contributed by atoms with Crippen molar-refractivity contribution in [3.8, 4) is 0 Å². The van der Waals surface area contributed by atoms with Gasteiger partial charge in [0.15, 0.2) is 0 Å². The van der Waals surface area contributed by atoms with E-state index in [1.54, 1.807) is 13.0 Å². The molecule has 0 saturated carbocycles. The standard InChI is InChI=1S/C15H17BrFNO2/c1-8(2)10(6-16)7-18-13-11(14(19)15(18)20)4-9(3)5-12(13)17/h4-5,8,10H,6-7H2,1-3H3. The third-order valence-corrected chi connectivity index (χ3v) is 4.55. The topological polar surface area (TPSA) is 37.4 Å². The van der Waals surface area contributed by atoms with Crippen LogP contribution in [-0.2, 0) is 4.79 Å². The molecule has 1 aromatic carbocycles. The highest BCUT2D eigenvalue weighted by Crippen LogP contribution is 2.34. The largest absolute Gasteiger partial charge is 0.302 e. The third-order valence-electron chi connectivity index (χ3n) is 3.72. The summed E-state index contributed by atoms with van der Waals surface area (Å²) in [6.07, 6.45) is 0. The molecule has 1 heterocycles. The van der Waals surface area contributed by atoms with E-state index in [2.05, 4.69) is 15.9 Å². The van der Waals surface area contributed by atoms with Gasteiger partial charge < -0.3 is 4.90 Å². The summed E-state index contributed by atoms with van der Waals surface area (Å²) < 4.78 is 14.1. The number of fused-ring (bicyclic) bond motifs is 1. The van der Waals surface area contributed by atoms with Crippen molar-refractivity contribution in [2.45, 2.75) is 20.8 Å². The number of hydrogen-bond donors (Lipinski definition) is 0. The van der Waals surface area contributed by atoms with E-state index < -0.39 is 17.5 Å². The number of alkyl halides is 1. The van der Waals surface area contributed by atoms with Crippen LogP contribution >= 0.6 is 15.9 Å². The van der Waals surface area contributed by atoms with Gasteiger partial charge in [0.25, 0.3) is 11.7 Å². The Morgan fingerprint density at radius 2 is 1.95 bits per heavy atom. The Bertz CT molecular complexity index is 571. The Labute approximate surface area is 126 Å². The number of anilines is 1. The minimum atomic E-state index is -0.629. The Morgan fingerprint density at radius 1 is 1.30 bits per heavy atom. The SMILES string of the molecule is Cc1cc(F)c2c(c1)C(=O)C(=O)N2CC(CBr)C(C)C. The smallest absolute Gasteiger partial charge is 0.299 e. The molecule has 108 valence electrons. The van der Waals surface area contributed by atoms with Crippen LogP contribution in [0.25, 0.3) is 0 Å². The van der Waals surface area contributed by atoms with Crippen LogP contribution in [0.15, 0.2) is 12.1 Å². The van der Waals surface area contributed by atoms with Crippen LogP contribution in [0.1, 0.15) is 29.8 Å². The predicted molar refractivity (Wildman–Crippen MR) is 79.9 cm³/mol. The highest BCUT2D eigenvalue weighted by atomic mass is 79.9. The fourth-order valence-electron chi connectivity index (χ4n) is 2.37. The van der Waals surface area contributed by atoms with Crippen LogP contribution < -0.4 is 4.90 Å². The number of amides is 1. The van der Waals surface area contributed by atoms with E-state index in [1.165, 1.54) is 11.0 Å². The number of carbonyl (C=O) groups is 2. The van der Waals surface area contributed by atoms with Crippen LogP contribution in [0.2, 0.25) is 0 Å². The fourth-order valence-corrected chi connectivity index (χ4v) is 3.32. The molecule has 0 saturated heterocycles. The van der Waals surface area contributed by atoms with E-state index in [0.29, 0.717) is 23.4 Å². The van der Waals surface area contributed by atoms with Gasteiger partial charge in [-0.25, -0.2) is 4.39 Å². The van der Waals surface area contributed by atoms with Gasteiger partial charge in [0, 0.05) is 11.9 Å². The summed E-state index contributed by atoms with van der Waals surface area (Å²) in [6.45, 7) is 6.14. The number of nitrogens with zero attached hydrogens (tertiary/aromatic N) is 1. The molecule has 0 fully saturated rings. The molecule has 1 aromatic rings. The maximum absolute atomic E-state index is 14.1. The van der Waals surface area contributed by atoms with Gasteiger partial charge >= 0.3 is 0 Å². The van der Waals surface area contributed by atoms with Gasteiger partial charge in [-0.15, -0.1) is 0 Å². The molecule has 1 aliphatic heterocycles. The monoisotopic (exact) mass is 341 g/mol. The van der Waals surface area contributed by atoms with Crippen molar-refractivity contribution in [3.63, 3.8) is 0 Å². The molecule has 0 aliphatic carbocycles. The first-order chi connectivity index (χ1) is 9.36. The quantitative estimate of drug-likeness (QED) is 0.622. The molecule has 1 atom stereocenters. The van der Waals surface area contributed by atoms with E-state index in [1.807, 2.05) is 13.8 Å².